The number of benzene rings is 1. The summed E-state index contributed by atoms with van der Waals surface area (Å²) in [5.41, 5.74) is 1.76. The highest BCUT2D eigenvalue weighted by Crippen LogP contribution is 2.20. The van der Waals surface area contributed by atoms with E-state index in [0.29, 0.717) is 11.6 Å². The summed E-state index contributed by atoms with van der Waals surface area (Å²) in [5.74, 6) is -0.0624. The zero-order valence-electron chi connectivity index (χ0n) is 12.2. The highest BCUT2D eigenvalue weighted by molar-refractivity contribution is 7.11. The molecule has 0 aliphatic carbocycles. The maximum absolute atomic E-state index is 11.9. The minimum absolute atomic E-state index is 0.0624. The molecule has 1 aromatic carbocycles. The second-order valence-electron chi connectivity index (χ2n) is 4.83. The van der Waals surface area contributed by atoms with Crippen LogP contribution >= 0.6 is 22.9 Å². The molecule has 0 atom stereocenters. The van der Waals surface area contributed by atoms with Gasteiger partial charge in [0.2, 0.25) is 5.91 Å². The number of thiophene rings is 1. The summed E-state index contributed by atoms with van der Waals surface area (Å²) in [4.78, 5) is 14.5. The maximum Gasteiger partial charge on any atom is 0.238 e. The van der Waals surface area contributed by atoms with E-state index >= 15 is 0 Å². The van der Waals surface area contributed by atoms with E-state index in [1.54, 1.807) is 17.4 Å². The highest BCUT2D eigenvalue weighted by atomic mass is 35.5. The van der Waals surface area contributed by atoms with Crippen molar-refractivity contribution in [3.05, 3.63) is 50.7 Å². The number of amides is 1. The normalized spacial score (nSPS) is 10.6. The SMILES string of the molecule is CCc1ccc(CNCC(=O)Nc2cc(Cl)ccc2C)s1. The van der Waals surface area contributed by atoms with Gasteiger partial charge in [0, 0.05) is 27.0 Å². The largest absolute Gasteiger partial charge is 0.325 e. The predicted octanol–water partition coefficient (Wildman–Crippen LogP) is 4.00. The molecule has 0 saturated carbocycles. The van der Waals surface area contributed by atoms with Gasteiger partial charge in [0.25, 0.3) is 0 Å². The van der Waals surface area contributed by atoms with Crippen molar-refractivity contribution in [1.82, 2.24) is 5.32 Å². The van der Waals surface area contributed by atoms with Crippen LogP contribution in [0.5, 0.6) is 0 Å². The minimum atomic E-state index is -0.0624. The van der Waals surface area contributed by atoms with Crippen molar-refractivity contribution in [3.63, 3.8) is 0 Å². The van der Waals surface area contributed by atoms with E-state index in [1.165, 1.54) is 9.75 Å². The lowest BCUT2D eigenvalue weighted by Crippen LogP contribution is -2.27. The van der Waals surface area contributed by atoms with Crippen LogP contribution in [0.15, 0.2) is 30.3 Å². The molecule has 112 valence electrons. The number of anilines is 1. The van der Waals surface area contributed by atoms with E-state index in [0.717, 1.165) is 17.7 Å². The lowest BCUT2D eigenvalue weighted by Gasteiger charge is -2.09. The van der Waals surface area contributed by atoms with E-state index in [9.17, 15) is 4.79 Å². The van der Waals surface area contributed by atoms with Crippen molar-refractivity contribution in [1.29, 1.82) is 0 Å². The highest BCUT2D eigenvalue weighted by Gasteiger charge is 2.06. The lowest BCUT2D eigenvalue weighted by molar-refractivity contribution is -0.115. The van der Waals surface area contributed by atoms with Gasteiger partial charge in [-0.2, -0.15) is 0 Å². The number of hydrogen-bond donors (Lipinski definition) is 2. The van der Waals surface area contributed by atoms with Gasteiger partial charge in [0.15, 0.2) is 0 Å². The monoisotopic (exact) mass is 322 g/mol. The first-order valence-corrected chi connectivity index (χ1v) is 8.12. The first-order chi connectivity index (χ1) is 10.1. The molecular weight excluding hydrogens is 304 g/mol. The molecule has 0 radical (unpaired) electrons. The number of hydrogen-bond acceptors (Lipinski definition) is 3. The summed E-state index contributed by atoms with van der Waals surface area (Å²) in [6.45, 7) is 5.08. The molecule has 1 aromatic heterocycles. The Kier molecular flexibility index (Phi) is 5.79. The van der Waals surface area contributed by atoms with Crippen LogP contribution in [0.1, 0.15) is 22.2 Å². The van der Waals surface area contributed by atoms with E-state index in [1.807, 2.05) is 19.1 Å². The topological polar surface area (TPSA) is 41.1 Å². The van der Waals surface area contributed by atoms with Crippen molar-refractivity contribution in [2.24, 2.45) is 0 Å². The van der Waals surface area contributed by atoms with Gasteiger partial charge in [-0.05, 0) is 43.2 Å². The zero-order valence-corrected chi connectivity index (χ0v) is 13.8. The number of halogens is 1. The van der Waals surface area contributed by atoms with Crippen LogP contribution in [0.25, 0.3) is 0 Å². The molecule has 0 fully saturated rings. The number of rotatable bonds is 6. The van der Waals surface area contributed by atoms with Crippen LogP contribution in [-0.4, -0.2) is 12.5 Å². The first-order valence-electron chi connectivity index (χ1n) is 6.92. The molecule has 5 heteroatoms. The number of aryl methyl sites for hydroxylation is 2. The molecule has 3 nitrogen and oxygen atoms in total. The van der Waals surface area contributed by atoms with E-state index in [-0.39, 0.29) is 12.5 Å². The number of nitrogens with one attached hydrogen (secondary N) is 2. The van der Waals surface area contributed by atoms with E-state index in [2.05, 4.69) is 29.7 Å². The van der Waals surface area contributed by atoms with Gasteiger partial charge in [-0.15, -0.1) is 11.3 Å². The van der Waals surface area contributed by atoms with Crippen molar-refractivity contribution in [3.8, 4) is 0 Å². The Balaban J connectivity index is 1.80. The third-order valence-corrected chi connectivity index (χ3v) is 4.59. The van der Waals surface area contributed by atoms with Gasteiger partial charge in [0.05, 0.1) is 6.54 Å². The van der Waals surface area contributed by atoms with Crippen LogP contribution in [0, 0.1) is 6.92 Å². The van der Waals surface area contributed by atoms with Crippen LogP contribution in [0.3, 0.4) is 0 Å². The van der Waals surface area contributed by atoms with Crippen molar-refractivity contribution < 1.29 is 4.79 Å². The molecule has 2 rings (SSSR count). The molecule has 0 saturated heterocycles. The van der Waals surface area contributed by atoms with Crippen LogP contribution in [0.4, 0.5) is 5.69 Å². The summed E-state index contributed by atoms with van der Waals surface area (Å²) < 4.78 is 0. The summed E-state index contributed by atoms with van der Waals surface area (Å²) in [6, 6.07) is 9.71. The molecule has 1 amide bonds. The fourth-order valence-electron chi connectivity index (χ4n) is 1.93. The summed E-state index contributed by atoms with van der Waals surface area (Å²) in [6.07, 6.45) is 1.05. The molecule has 0 aliphatic heterocycles. The van der Waals surface area contributed by atoms with Gasteiger partial charge in [-0.25, -0.2) is 0 Å². The Labute approximate surface area is 134 Å². The summed E-state index contributed by atoms with van der Waals surface area (Å²) in [5, 5.41) is 6.65. The molecule has 0 aliphatic rings. The van der Waals surface area contributed by atoms with Crippen LogP contribution in [0.2, 0.25) is 5.02 Å². The molecule has 1 heterocycles. The third kappa shape index (κ3) is 4.84. The maximum atomic E-state index is 11.9. The molecule has 2 aromatic rings. The van der Waals surface area contributed by atoms with Crippen molar-refractivity contribution in [2.75, 3.05) is 11.9 Å². The average molecular weight is 323 g/mol. The Hall–Kier alpha value is -1.36. The first kappa shape index (κ1) is 16.0. The van der Waals surface area contributed by atoms with Gasteiger partial charge in [-0.3, -0.25) is 4.79 Å². The molecule has 0 unspecified atom stereocenters. The second-order valence-corrected chi connectivity index (χ2v) is 6.52. The smallest absolute Gasteiger partial charge is 0.238 e. The van der Waals surface area contributed by atoms with Gasteiger partial charge >= 0.3 is 0 Å². The predicted molar refractivity (Wildman–Crippen MR) is 90.2 cm³/mol. The third-order valence-electron chi connectivity index (χ3n) is 3.12. The van der Waals surface area contributed by atoms with Crippen LogP contribution < -0.4 is 10.6 Å². The molecule has 0 bridgehead atoms. The fraction of sp³-hybridized carbons (Fsp3) is 0.312. The lowest BCUT2D eigenvalue weighted by atomic mass is 10.2. The number of carbonyl (C=O) groups is 1. The Morgan fingerprint density at radius 3 is 2.71 bits per heavy atom. The average Bonchev–Trinajstić information content (AvgIpc) is 2.91. The summed E-state index contributed by atoms with van der Waals surface area (Å²) in [7, 11) is 0. The second kappa shape index (κ2) is 7.59. The molecule has 2 N–H and O–H groups in total. The molecule has 0 spiro atoms. The summed E-state index contributed by atoms with van der Waals surface area (Å²) >= 11 is 7.72. The fourth-order valence-corrected chi connectivity index (χ4v) is 3.03. The zero-order chi connectivity index (χ0) is 15.2. The van der Waals surface area contributed by atoms with E-state index < -0.39 is 0 Å². The van der Waals surface area contributed by atoms with Gasteiger partial charge in [0.1, 0.15) is 0 Å². The van der Waals surface area contributed by atoms with Crippen molar-refractivity contribution in [2.45, 2.75) is 26.8 Å². The minimum Gasteiger partial charge on any atom is -0.325 e. The van der Waals surface area contributed by atoms with Crippen molar-refractivity contribution >= 4 is 34.5 Å². The molecular formula is C16H19ClN2OS. The Morgan fingerprint density at radius 1 is 1.24 bits per heavy atom. The van der Waals surface area contributed by atoms with Crippen LogP contribution in [-0.2, 0) is 17.8 Å². The van der Waals surface area contributed by atoms with E-state index in [4.69, 9.17) is 11.6 Å². The van der Waals surface area contributed by atoms with Gasteiger partial charge < -0.3 is 10.6 Å². The van der Waals surface area contributed by atoms with Gasteiger partial charge in [-0.1, -0.05) is 24.6 Å². The Bertz CT molecular complexity index is 624. The standard InChI is InChI=1S/C16H19ClN2OS/c1-3-13-6-7-14(21-13)9-18-10-16(20)19-15-8-12(17)5-4-11(15)2/h4-8,18H,3,9-10H2,1-2H3,(H,19,20). The quantitative estimate of drug-likeness (QED) is 0.844. The molecule has 21 heavy (non-hydrogen) atoms. The Morgan fingerprint density at radius 2 is 2.00 bits per heavy atom. The number of carbonyl (C=O) groups excluding carboxylic acids is 1.